The lowest BCUT2D eigenvalue weighted by molar-refractivity contribution is 0.0947. The maximum absolute atomic E-state index is 12.5. The molecule has 1 aromatic carbocycles. The quantitative estimate of drug-likeness (QED) is 0.752. The van der Waals surface area contributed by atoms with Crippen molar-refractivity contribution < 1.29 is 9.53 Å². The van der Waals surface area contributed by atoms with Gasteiger partial charge in [-0.2, -0.15) is 11.3 Å². The van der Waals surface area contributed by atoms with Crippen molar-refractivity contribution in [2.24, 2.45) is 0 Å². The van der Waals surface area contributed by atoms with Crippen molar-refractivity contribution in [3.63, 3.8) is 0 Å². The summed E-state index contributed by atoms with van der Waals surface area (Å²) in [6, 6.07) is 6.89. The van der Waals surface area contributed by atoms with Gasteiger partial charge >= 0.3 is 0 Å². The minimum Gasteiger partial charge on any atom is -0.496 e. The third-order valence-corrected chi connectivity index (χ3v) is 4.31. The number of carbonyl (C=O) groups is 1. The third kappa shape index (κ3) is 3.55. The molecule has 0 aliphatic carbocycles. The zero-order valence-corrected chi connectivity index (χ0v) is 14.4. The van der Waals surface area contributed by atoms with Gasteiger partial charge in [0.1, 0.15) is 5.75 Å². The molecular weight excluding hydrogens is 346 g/mol. The Morgan fingerprint density at radius 3 is 2.88 bits per heavy atom. The first-order valence-electron chi connectivity index (χ1n) is 7.13. The highest BCUT2D eigenvalue weighted by Gasteiger charge is 2.14. The molecule has 1 N–H and O–H groups in total. The molecule has 2 aromatic heterocycles. The van der Waals surface area contributed by atoms with Crippen LogP contribution in [0.4, 0.5) is 0 Å². The largest absolute Gasteiger partial charge is 0.496 e. The van der Waals surface area contributed by atoms with E-state index in [2.05, 4.69) is 15.3 Å². The molecule has 2 heterocycles. The van der Waals surface area contributed by atoms with Crippen LogP contribution < -0.4 is 10.1 Å². The van der Waals surface area contributed by atoms with Gasteiger partial charge in [0.05, 0.1) is 30.6 Å². The zero-order chi connectivity index (χ0) is 16.9. The van der Waals surface area contributed by atoms with Crippen molar-refractivity contribution in [1.82, 2.24) is 15.3 Å². The molecule has 0 atom stereocenters. The normalized spacial score (nSPS) is 10.4. The van der Waals surface area contributed by atoms with Gasteiger partial charge in [-0.25, -0.2) is 0 Å². The van der Waals surface area contributed by atoms with E-state index >= 15 is 0 Å². The molecule has 0 bridgehead atoms. The Bertz CT molecular complexity index is 853. The SMILES string of the molecule is COc1ccc(Cl)cc1C(=O)NCc1nccnc1-c1ccsc1. The van der Waals surface area contributed by atoms with Crippen LogP contribution in [0.3, 0.4) is 0 Å². The summed E-state index contributed by atoms with van der Waals surface area (Å²) in [7, 11) is 1.51. The lowest BCUT2D eigenvalue weighted by Gasteiger charge is -2.11. The van der Waals surface area contributed by atoms with Gasteiger partial charge in [0.25, 0.3) is 5.91 Å². The van der Waals surface area contributed by atoms with Crippen molar-refractivity contribution in [3.8, 4) is 17.0 Å². The summed E-state index contributed by atoms with van der Waals surface area (Å²) in [5, 5.41) is 7.29. The molecule has 3 rings (SSSR count). The third-order valence-electron chi connectivity index (χ3n) is 3.39. The summed E-state index contributed by atoms with van der Waals surface area (Å²) in [6.45, 7) is 0.257. The number of methoxy groups -OCH3 is 1. The van der Waals surface area contributed by atoms with E-state index in [9.17, 15) is 4.79 Å². The highest BCUT2D eigenvalue weighted by Crippen LogP contribution is 2.24. The number of halogens is 1. The highest BCUT2D eigenvalue weighted by molar-refractivity contribution is 7.08. The number of rotatable bonds is 5. The van der Waals surface area contributed by atoms with Gasteiger partial charge < -0.3 is 10.1 Å². The standard InChI is InChI=1S/C17H14ClN3O2S/c1-23-15-3-2-12(18)8-13(15)17(22)21-9-14-16(20-6-5-19-14)11-4-7-24-10-11/h2-8,10H,9H2,1H3,(H,21,22). The first-order valence-corrected chi connectivity index (χ1v) is 8.45. The average molecular weight is 360 g/mol. The lowest BCUT2D eigenvalue weighted by Crippen LogP contribution is -2.24. The second-order valence-corrected chi connectivity index (χ2v) is 6.11. The molecule has 0 fully saturated rings. The number of benzene rings is 1. The fourth-order valence-corrected chi connectivity index (χ4v) is 3.07. The number of nitrogens with zero attached hydrogens (tertiary/aromatic N) is 2. The molecule has 0 unspecified atom stereocenters. The predicted octanol–water partition coefficient (Wildman–Crippen LogP) is 3.80. The van der Waals surface area contributed by atoms with E-state index in [4.69, 9.17) is 16.3 Å². The maximum Gasteiger partial charge on any atom is 0.255 e. The second-order valence-electron chi connectivity index (χ2n) is 4.89. The smallest absolute Gasteiger partial charge is 0.255 e. The van der Waals surface area contributed by atoms with E-state index in [0.717, 1.165) is 11.3 Å². The molecule has 0 aliphatic heterocycles. The van der Waals surface area contributed by atoms with Gasteiger partial charge in [0, 0.05) is 28.4 Å². The molecule has 0 spiro atoms. The lowest BCUT2D eigenvalue weighted by atomic mass is 10.1. The molecule has 7 heteroatoms. The van der Waals surface area contributed by atoms with Crippen LogP contribution in [-0.4, -0.2) is 23.0 Å². The van der Waals surface area contributed by atoms with Crippen molar-refractivity contribution >= 4 is 28.8 Å². The Hall–Kier alpha value is -2.44. The van der Waals surface area contributed by atoms with Gasteiger partial charge in [-0.15, -0.1) is 0 Å². The number of carbonyl (C=O) groups excluding carboxylic acids is 1. The number of aromatic nitrogens is 2. The molecule has 0 saturated heterocycles. The number of nitrogens with one attached hydrogen (secondary N) is 1. The van der Waals surface area contributed by atoms with Crippen LogP contribution in [0.2, 0.25) is 5.02 Å². The molecule has 0 saturated carbocycles. The summed E-state index contributed by atoms with van der Waals surface area (Å²) in [5.41, 5.74) is 2.83. The van der Waals surface area contributed by atoms with Crippen LogP contribution in [0, 0.1) is 0 Å². The van der Waals surface area contributed by atoms with Crippen molar-refractivity contribution in [2.75, 3.05) is 7.11 Å². The van der Waals surface area contributed by atoms with E-state index in [-0.39, 0.29) is 12.5 Å². The fourth-order valence-electron chi connectivity index (χ4n) is 2.25. The summed E-state index contributed by atoms with van der Waals surface area (Å²) >= 11 is 7.56. The molecular formula is C17H14ClN3O2S. The van der Waals surface area contributed by atoms with E-state index in [1.165, 1.54) is 7.11 Å². The molecule has 122 valence electrons. The zero-order valence-electron chi connectivity index (χ0n) is 12.8. The molecule has 0 radical (unpaired) electrons. The van der Waals surface area contributed by atoms with Gasteiger partial charge in [-0.3, -0.25) is 14.8 Å². The molecule has 24 heavy (non-hydrogen) atoms. The fraction of sp³-hybridized carbons (Fsp3) is 0.118. The van der Waals surface area contributed by atoms with Crippen molar-refractivity contribution in [3.05, 3.63) is 63.7 Å². The predicted molar refractivity (Wildman–Crippen MR) is 94.5 cm³/mol. The van der Waals surface area contributed by atoms with Gasteiger partial charge in [-0.1, -0.05) is 11.6 Å². The Labute approximate surface area is 148 Å². The van der Waals surface area contributed by atoms with Crippen LogP contribution in [0.15, 0.2) is 47.4 Å². The van der Waals surface area contributed by atoms with E-state index in [1.807, 2.05) is 16.8 Å². The van der Waals surface area contributed by atoms with Crippen molar-refractivity contribution in [1.29, 1.82) is 0 Å². The molecule has 3 aromatic rings. The maximum atomic E-state index is 12.5. The Morgan fingerprint density at radius 2 is 2.12 bits per heavy atom. The van der Waals surface area contributed by atoms with Gasteiger partial charge in [0.15, 0.2) is 0 Å². The van der Waals surface area contributed by atoms with E-state index < -0.39 is 0 Å². The highest BCUT2D eigenvalue weighted by atomic mass is 35.5. The number of amides is 1. The number of hydrogen-bond acceptors (Lipinski definition) is 5. The Morgan fingerprint density at radius 1 is 1.29 bits per heavy atom. The Kier molecular flexibility index (Phi) is 5.08. The van der Waals surface area contributed by atoms with Crippen LogP contribution in [0.25, 0.3) is 11.3 Å². The average Bonchev–Trinajstić information content (AvgIpc) is 3.14. The number of ether oxygens (including phenoxy) is 1. The van der Waals surface area contributed by atoms with Crippen LogP contribution >= 0.6 is 22.9 Å². The van der Waals surface area contributed by atoms with Crippen LogP contribution in [-0.2, 0) is 6.54 Å². The summed E-state index contributed by atoms with van der Waals surface area (Å²) in [4.78, 5) is 21.1. The molecule has 0 aliphatic rings. The van der Waals surface area contributed by atoms with Crippen LogP contribution in [0.1, 0.15) is 16.1 Å². The van der Waals surface area contributed by atoms with Gasteiger partial charge in [-0.05, 0) is 29.6 Å². The minimum atomic E-state index is -0.281. The summed E-state index contributed by atoms with van der Waals surface area (Å²) < 4.78 is 5.21. The van der Waals surface area contributed by atoms with E-state index in [1.54, 1.807) is 41.9 Å². The summed E-state index contributed by atoms with van der Waals surface area (Å²) in [5.74, 6) is 0.186. The van der Waals surface area contributed by atoms with Gasteiger partial charge in [0.2, 0.25) is 0 Å². The molecule has 5 nitrogen and oxygen atoms in total. The number of hydrogen-bond donors (Lipinski definition) is 1. The van der Waals surface area contributed by atoms with Crippen molar-refractivity contribution in [2.45, 2.75) is 6.54 Å². The molecule has 1 amide bonds. The first-order chi connectivity index (χ1) is 11.7. The number of thiophene rings is 1. The Balaban J connectivity index is 1.80. The van der Waals surface area contributed by atoms with E-state index in [0.29, 0.717) is 22.0 Å². The second kappa shape index (κ2) is 7.42. The minimum absolute atomic E-state index is 0.257. The topological polar surface area (TPSA) is 64.1 Å². The summed E-state index contributed by atoms with van der Waals surface area (Å²) in [6.07, 6.45) is 3.25. The monoisotopic (exact) mass is 359 g/mol. The van der Waals surface area contributed by atoms with Crippen LogP contribution in [0.5, 0.6) is 5.75 Å². The first kappa shape index (κ1) is 16.4.